The average molecular weight is 388 g/mol. The van der Waals surface area contributed by atoms with Crippen LogP contribution in [0.1, 0.15) is 21.5 Å². The van der Waals surface area contributed by atoms with Gasteiger partial charge in [-0.1, -0.05) is 23.7 Å². The number of carbonyl (C=O) groups is 1. The number of nitrogens with one attached hydrogen (secondary N) is 2. The quantitative estimate of drug-likeness (QED) is 0.796. The van der Waals surface area contributed by atoms with Crippen LogP contribution in [0.3, 0.4) is 0 Å². The molecule has 6 heteroatoms. The smallest absolute Gasteiger partial charge is 0.259 e. The minimum Gasteiger partial charge on any atom is -0.491 e. The highest BCUT2D eigenvalue weighted by Crippen LogP contribution is 2.25. The molecule has 2 N–H and O–H groups in total. The number of ether oxygens (including phenoxy) is 1. The number of anilines is 1. The Hall–Kier alpha value is -2.08. The van der Waals surface area contributed by atoms with Gasteiger partial charge in [0.1, 0.15) is 12.4 Å². The first-order valence-corrected chi connectivity index (χ1v) is 9.65. The Kier molecular flexibility index (Phi) is 6.72. The molecule has 0 unspecified atom stereocenters. The summed E-state index contributed by atoms with van der Waals surface area (Å²) in [6.45, 7) is 9.33. The molecule has 0 aromatic heterocycles. The number of rotatable bonds is 6. The van der Waals surface area contributed by atoms with Crippen molar-refractivity contribution in [2.24, 2.45) is 0 Å². The minimum absolute atomic E-state index is 0.174. The summed E-state index contributed by atoms with van der Waals surface area (Å²) in [5.74, 6) is 0.445. The van der Waals surface area contributed by atoms with Crippen LogP contribution >= 0.6 is 11.6 Å². The van der Waals surface area contributed by atoms with Gasteiger partial charge in [0.05, 0.1) is 5.56 Å². The first-order chi connectivity index (χ1) is 13.0. The zero-order valence-corrected chi connectivity index (χ0v) is 16.6. The SMILES string of the molecule is Cc1cc(NC(=O)c2c(C)cccc2OCCN2CCNCC2)ccc1Cl. The molecule has 0 saturated carbocycles. The number of hydrogen-bond donors (Lipinski definition) is 2. The van der Waals surface area contributed by atoms with Gasteiger partial charge < -0.3 is 15.4 Å². The molecular weight excluding hydrogens is 362 g/mol. The standard InChI is InChI=1S/C21H26ClN3O2/c1-15-4-3-5-19(27-13-12-25-10-8-23-9-11-25)20(15)21(26)24-17-6-7-18(22)16(2)14-17/h3-7,14,23H,8-13H2,1-2H3,(H,24,26). The summed E-state index contributed by atoms with van der Waals surface area (Å²) in [4.78, 5) is 15.2. The molecule has 2 aromatic rings. The van der Waals surface area contributed by atoms with Crippen molar-refractivity contribution in [1.82, 2.24) is 10.2 Å². The zero-order valence-electron chi connectivity index (χ0n) is 15.8. The van der Waals surface area contributed by atoms with Crippen LogP contribution in [-0.2, 0) is 0 Å². The predicted octanol–water partition coefficient (Wildman–Crippen LogP) is 3.49. The maximum atomic E-state index is 12.9. The van der Waals surface area contributed by atoms with Crippen molar-refractivity contribution in [3.05, 3.63) is 58.1 Å². The van der Waals surface area contributed by atoms with Crippen molar-refractivity contribution >= 4 is 23.2 Å². The fourth-order valence-corrected chi connectivity index (χ4v) is 3.31. The van der Waals surface area contributed by atoms with Gasteiger partial charge in [0, 0.05) is 43.4 Å². The summed E-state index contributed by atoms with van der Waals surface area (Å²) in [5, 5.41) is 6.97. The summed E-state index contributed by atoms with van der Waals surface area (Å²) >= 11 is 6.07. The molecule has 1 amide bonds. The van der Waals surface area contributed by atoms with Crippen molar-refractivity contribution in [1.29, 1.82) is 0 Å². The molecule has 1 saturated heterocycles. The zero-order chi connectivity index (χ0) is 19.2. The monoisotopic (exact) mass is 387 g/mol. The van der Waals surface area contributed by atoms with Crippen molar-refractivity contribution in [3.8, 4) is 5.75 Å². The fourth-order valence-electron chi connectivity index (χ4n) is 3.19. The van der Waals surface area contributed by atoms with E-state index in [9.17, 15) is 4.79 Å². The summed E-state index contributed by atoms with van der Waals surface area (Å²) in [6, 6.07) is 11.1. The van der Waals surface area contributed by atoms with Crippen LogP contribution < -0.4 is 15.4 Å². The lowest BCUT2D eigenvalue weighted by Gasteiger charge is -2.27. The molecule has 3 rings (SSSR count). The Bertz CT molecular complexity index is 804. The van der Waals surface area contributed by atoms with Crippen LogP contribution in [-0.4, -0.2) is 50.1 Å². The van der Waals surface area contributed by atoms with Gasteiger partial charge in [-0.05, 0) is 49.2 Å². The van der Waals surface area contributed by atoms with Crippen LogP contribution in [0, 0.1) is 13.8 Å². The lowest BCUT2D eigenvalue weighted by molar-refractivity contribution is 0.102. The van der Waals surface area contributed by atoms with Gasteiger partial charge in [-0.15, -0.1) is 0 Å². The number of hydrogen-bond acceptors (Lipinski definition) is 4. The highest BCUT2D eigenvalue weighted by Gasteiger charge is 2.17. The van der Waals surface area contributed by atoms with Crippen LogP contribution in [0.15, 0.2) is 36.4 Å². The largest absolute Gasteiger partial charge is 0.491 e. The maximum absolute atomic E-state index is 12.9. The molecule has 27 heavy (non-hydrogen) atoms. The summed E-state index contributed by atoms with van der Waals surface area (Å²) < 4.78 is 5.98. The molecular formula is C21H26ClN3O2. The summed E-state index contributed by atoms with van der Waals surface area (Å²) in [5.41, 5.74) is 3.10. The number of amides is 1. The van der Waals surface area contributed by atoms with E-state index in [2.05, 4.69) is 15.5 Å². The number of aryl methyl sites for hydroxylation is 2. The van der Waals surface area contributed by atoms with Gasteiger partial charge in [-0.25, -0.2) is 0 Å². The maximum Gasteiger partial charge on any atom is 0.259 e. The predicted molar refractivity (Wildman–Crippen MR) is 110 cm³/mol. The number of benzene rings is 2. The number of halogens is 1. The van der Waals surface area contributed by atoms with E-state index >= 15 is 0 Å². The van der Waals surface area contributed by atoms with Gasteiger partial charge in [-0.2, -0.15) is 0 Å². The van der Waals surface area contributed by atoms with Gasteiger partial charge >= 0.3 is 0 Å². The second-order valence-electron chi connectivity index (χ2n) is 6.81. The van der Waals surface area contributed by atoms with Crippen molar-refractivity contribution in [2.75, 3.05) is 44.6 Å². The number of carbonyl (C=O) groups excluding carboxylic acids is 1. The van der Waals surface area contributed by atoms with E-state index in [1.165, 1.54) is 0 Å². The van der Waals surface area contributed by atoms with Gasteiger partial charge in [-0.3, -0.25) is 9.69 Å². The fraction of sp³-hybridized carbons (Fsp3) is 0.381. The molecule has 0 spiro atoms. The third-order valence-electron chi connectivity index (χ3n) is 4.75. The first-order valence-electron chi connectivity index (χ1n) is 9.27. The Morgan fingerprint density at radius 1 is 1.19 bits per heavy atom. The number of nitrogens with zero attached hydrogens (tertiary/aromatic N) is 1. The van der Waals surface area contributed by atoms with Crippen molar-refractivity contribution in [3.63, 3.8) is 0 Å². The topological polar surface area (TPSA) is 53.6 Å². The van der Waals surface area contributed by atoms with E-state index in [1.807, 2.05) is 38.1 Å². The minimum atomic E-state index is -0.174. The molecule has 2 aromatic carbocycles. The second kappa shape index (κ2) is 9.22. The molecule has 0 bridgehead atoms. The molecule has 1 fully saturated rings. The highest BCUT2D eigenvalue weighted by atomic mass is 35.5. The Morgan fingerprint density at radius 3 is 2.70 bits per heavy atom. The van der Waals surface area contributed by atoms with Gasteiger partial charge in [0.15, 0.2) is 0 Å². The molecule has 1 heterocycles. The molecule has 5 nitrogen and oxygen atoms in total. The van der Waals surface area contributed by atoms with Gasteiger partial charge in [0.2, 0.25) is 0 Å². The van der Waals surface area contributed by atoms with E-state index in [0.29, 0.717) is 22.9 Å². The lowest BCUT2D eigenvalue weighted by atomic mass is 10.1. The Labute approximate surface area is 165 Å². The van der Waals surface area contributed by atoms with E-state index < -0.39 is 0 Å². The molecule has 0 aliphatic carbocycles. The Balaban J connectivity index is 1.68. The van der Waals surface area contributed by atoms with E-state index in [0.717, 1.165) is 49.5 Å². The second-order valence-corrected chi connectivity index (χ2v) is 7.21. The summed E-state index contributed by atoms with van der Waals surface area (Å²) in [7, 11) is 0. The molecule has 1 aliphatic rings. The highest BCUT2D eigenvalue weighted by molar-refractivity contribution is 6.31. The van der Waals surface area contributed by atoms with Gasteiger partial charge in [0.25, 0.3) is 5.91 Å². The van der Waals surface area contributed by atoms with Crippen molar-refractivity contribution in [2.45, 2.75) is 13.8 Å². The van der Waals surface area contributed by atoms with Crippen LogP contribution in [0.4, 0.5) is 5.69 Å². The molecule has 0 radical (unpaired) electrons. The van der Waals surface area contributed by atoms with Crippen LogP contribution in [0.5, 0.6) is 5.75 Å². The lowest BCUT2D eigenvalue weighted by Crippen LogP contribution is -2.44. The van der Waals surface area contributed by atoms with E-state index in [1.54, 1.807) is 12.1 Å². The van der Waals surface area contributed by atoms with E-state index in [-0.39, 0.29) is 5.91 Å². The third-order valence-corrected chi connectivity index (χ3v) is 5.18. The van der Waals surface area contributed by atoms with Crippen LogP contribution in [0.25, 0.3) is 0 Å². The Morgan fingerprint density at radius 2 is 1.96 bits per heavy atom. The normalized spacial score (nSPS) is 14.8. The van der Waals surface area contributed by atoms with Crippen molar-refractivity contribution < 1.29 is 9.53 Å². The molecule has 1 aliphatic heterocycles. The number of piperazine rings is 1. The first kappa shape index (κ1) is 19.7. The molecule has 144 valence electrons. The average Bonchev–Trinajstić information content (AvgIpc) is 2.65. The molecule has 0 atom stereocenters. The summed E-state index contributed by atoms with van der Waals surface area (Å²) in [6.07, 6.45) is 0. The van der Waals surface area contributed by atoms with Crippen LogP contribution in [0.2, 0.25) is 5.02 Å². The van der Waals surface area contributed by atoms with E-state index in [4.69, 9.17) is 16.3 Å². The third kappa shape index (κ3) is 5.22.